The van der Waals surface area contributed by atoms with Crippen LogP contribution in [0.3, 0.4) is 0 Å². The summed E-state index contributed by atoms with van der Waals surface area (Å²) in [6.07, 6.45) is 3.92. The molecule has 0 spiro atoms. The summed E-state index contributed by atoms with van der Waals surface area (Å²) < 4.78 is 0. The molecule has 0 bridgehead atoms. The fraction of sp³-hybridized carbons (Fsp3) is 0.571. The summed E-state index contributed by atoms with van der Waals surface area (Å²) in [7, 11) is 0. The van der Waals surface area contributed by atoms with Crippen molar-refractivity contribution in [1.29, 1.82) is 0 Å². The number of aliphatic hydroxyl groups excluding tert-OH is 1. The van der Waals surface area contributed by atoms with Gasteiger partial charge in [0.2, 0.25) is 0 Å². The fourth-order valence-corrected chi connectivity index (χ4v) is 2.59. The zero-order valence-corrected chi connectivity index (χ0v) is 11.0. The summed E-state index contributed by atoms with van der Waals surface area (Å²) in [6.45, 7) is 4.44. The van der Waals surface area contributed by atoms with Gasteiger partial charge in [-0.15, -0.1) is 0 Å². The number of likely N-dealkylation sites (tertiary alicyclic amines) is 1. The van der Waals surface area contributed by atoms with E-state index in [0.717, 1.165) is 24.9 Å². The molecule has 1 saturated heterocycles. The second kappa shape index (κ2) is 5.48. The number of nitrogens with zero attached hydrogens (tertiary/aromatic N) is 2. The number of hydrogen-bond donors (Lipinski definition) is 1. The Balaban J connectivity index is 2.15. The van der Waals surface area contributed by atoms with Crippen LogP contribution in [0.2, 0.25) is 0 Å². The molecule has 98 valence electrons. The summed E-state index contributed by atoms with van der Waals surface area (Å²) in [5.74, 6) is -0.00347. The first kappa shape index (κ1) is 13.0. The quantitative estimate of drug-likeness (QED) is 0.887. The summed E-state index contributed by atoms with van der Waals surface area (Å²) in [4.78, 5) is 18.5. The van der Waals surface area contributed by atoms with Crippen LogP contribution in [0.1, 0.15) is 42.2 Å². The molecule has 4 nitrogen and oxygen atoms in total. The van der Waals surface area contributed by atoms with E-state index in [2.05, 4.69) is 4.98 Å². The van der Waals surface area contributed by atoms with E-state index >= 15 is 0 Å². The van der Waals surface area contributed by atoms with Gasteiger partial charge in [-0.25, -0.2) is 0 Å². The maximum atomic E-state index is 12.4. The Hall–Kier alpha value is -1.42. The van der Waals surface area contributed by atoms with Gasteiger partial charge in [-0.3, -0.25) is 9.78 Å². The summed E-state index contributed by atoms with van der Waals surface area (Å²) in [5.41, 5.74) is 1.44. The van der Waals surface area contributed by atoms with E-state index in [0.29, 0.717) is 12.1 Å². The number of rotatable bonds is 3. The van der Waals surface area contributed by atoms with Gasteiger partial charge in [0.25, 0.3) is 5.91 Å². The third-order valence-electron chi connectivity index (χ3n) is 3.46. The molecule has 4 heteroatoms. The van der Waals surface area contributed by atoms with E-state index in [1.807, 2.05) is 24.0 Å². The zero-order valence-electron chi connectivity index (χ0n) is 11.0. The predicted octanol–water partition coefficient (Wildman–Crippen LogP) is 1.77. The Morgan fingerprint density at radius 2 is 2.44 bits per heavy atom. The molecule has 1 aromatic rings. The molecule has 1 fully saturated rings. The number of hydrogen-bond acceptors (Lipinski definition) is 3. The topological polar surface area (TPSA) is 53.4 Å². The molecular formula is C14H20N2O2. The molecule has 0 saturated carbocycles. The van der Waals surface area contributed by atoms with Crippen LogP contribution >= 0.6 is 0 Å². The Morgan fingerprint density at radius 3 is 3.11 bits per heavy atom. The maximum absolute atomic E-state index is 12.4. The molecule has 1 aromatic heterocycles. The highest BCUT2D eigenvalue weighted by Crippen LogP contribution is 2.23. The summed E-state index contributed by atoms with van der Waals surface area (Å²) >= 11 is 0. The van der Waals surface area contributed by atoms with Gasteiger partial charge in [0.1, 0.15) is 5.69 Å². The number of carbonyl (C=O) groups excluding carboxylic acids is 1. The number of carbonyl (C=O) groups is 1. The first-order valence-corrected chi connectivity index (χ1v) is 6.50. The van der Waals surface area contributed by atoms with Crippen molar-refractivity contribution < 1.29 is 9.90 Å². The standard InChI is InChI=1S/C14H20N2O2/c1-10-5-3-7-15-13(10)14(18)16-8-4-6-12(16)9-11(2)17/h3,5,7,11-12,17H,4,6,8-9H2,1-2H3. The van der Waals surface area contributed by atoms with Crippen LogP contribution < -0.4 is 0 Å². The van der Waals surface area contributed by atoms with Crippen molar-refractivity contribution in [2.45, 2.75) is 45.3 Å². The van der Waals surface area contributed by atoms with Crippen LogP contribution in [0.4, 0.5) is 0 Å². The smallest absolute Gasteiger partial charge is 0.272 e. The largest absolute Gasteiger partial charge is 0.393 e. The van der Waals surface area contributed by atoms with E-state index in [9.17, 15) is 9.90 Å². The van der Waals surface area contributed by atoms with Crippen molar-refractivity contribution in [3.05, 3.63) is 29.6 Å². The summed E-state index contributed by atoms with van der Waals surface area (Å²) in [5, 5.41) is 9.48. The van der Waals surface area contributed by atoms with E-state index in [-0.39, 0.29) is 18.1 Å². The van der Waals surface area contributed by atoms with E-state index in [1.54, 1.807) is 13.1 Å². The number of amides is 1. The minimum absolute atomic E-state index is 0.00347. The Morgan fingerprint density at radius 1 is 1.67 bits per heavy atom. The van der Waals surface area contributed by atoms with Gasteiger partial charge in [0.05, 0.1) is 6.10 Å². The molecular weight excluding hydrogens is 228 g/mol. The van der Waals surface area contributed by atoms with Crippen LogP contribution in [0.5, 0.6) is 0 Å². The molecule has 1 amide bonds. The number of aliphatic hydroxyl groups is 1. The molecule has 1 aliphatic rings. The Bertz CT molecular complexity index is 432. The lowest BCUT2D eigenvalue weighted by molar-refractivity contribution is 0.0675. The SMILES string of the molecule is Cc1cccnc1C(=O)N1CCCC1CC(C)O. The van der Waals surface area contributed by atoms with Crippen LogP contribution in [0.25, 0.3) is 0 Å². The second-order valence-corrected chi connectivity index (χ2v) is 5.05. The molecule has 2 heterocycles. The Kier molecular flexibility index (Phi) is 3.97. The Labute approximate surface area is 108 Å². The van der Waals surface area contributed by atoms with Gasteiger partial charge in [0.15, 0.2) is 0 Å². The highest BCUT2D eigenvalue weighted by Gasteiger charge is 2.31. The van der Waals surface area contributed by atoms with E-state index in [4.69, 9.17) is 0 Å². The number of aryl methyl sites for hydroxylation is 1. The predicted molar refractivity (Wildman–Crippen MR) is 69.3 cm³/mol. The lowest BCUT2D eigenvalue weighted by Crippen LogP contribution is -2.38. The molecule has 1 aliphatic heterocycles. The first-order chi connectivity index (χ1) is 8.59. The minimum Gasteiger partial charge on any atom is -0.393 e. The molecule has 0 aromatic carbocycles. The van der Waals surface area contributed by atoms with Crippen LogP contribution in [0.15, 0.2) is 18.3 Å². The van der Waals surface area contributed by atoms with Crippen molar-refractivity contribution in [2.24, 2.45) is 0 Å². The van der Waals surface area contributed by atoms with Gasteiger partial charge in [-0.05, 0) is 44.7 Å². The van der Waals surface area contributed by atoms with Crippen molar-refractivity contribution in [2.75, 3.05) is 6.54 Å². The van der Waals surface area contributed by atoms with Gasteiger partial charge in [-0.2, -0.15) is 0 Å². The maximum Gasteiger partial charge on any atom is 0.272 e. The third-order valence-corrected chi connectivity index (χ3v) is 3.46. The lowest BCUT2D eigenvalue weighted by Gasteiger charge is -2.25. The average Bonchev–Trinajstić information content (AvgIpc) is 2.76. The van der Waals surface area contributed by atoms with Gasteiger partial charge < -0.3 is 10.0 Å². The lowest BCUT2D eigenvalue weighted by atomic mass is 10.1. The molecule has 1 N–H and O–H groups in total. The third kappa shape index (κ3) is 2.70. The molecule has 2 atom stereocenters. The summed E-state index contributed by atoms with van der Waals surface area (Å²) in [6, 6.07) is 3.89. The fourth-order valence-electron chi connectivity index (χ4n) is 2.59. The molecule has 2 unspecified atom stereocenters. The van der Waals surface area contributed by atoms with E-state index in [1.165, 1.54) is 0 Å². The highest BCUT2D eigenvalue weighted by molar-refractivity contribution is 5.94. The normalized spacial score (nSPS) is 21.1. The van der Waals surface area contributed by atoms with Crippen LogP contribution in [-0.4, -0.2) is 39.6 Å². The van der Waals surface area contributed by atoms with Crippen LogP contribution in [0, 0.1) is 6.92 Å². The minimum atomic E-state index is -0.367. The van der Waals surface area contributed by atoms with Crippen molar-refractivity contribution >= 4 is 5.91 Å². The number of pyridine rings is 1. The second-order valence-electron chi connectivity index (χ2n) is 5.05. The molecule has 18 heavy (non-hydrogen) atoms. The van der Waals surface area contributed by atoms with Gasteiger partial charge in [0, 0.05) is 18.8 Å². The van der Waals surface area contributed by atoms with Crippen molar-refractivity contribution in [3.8, 4) is 0 Å². The monoisotopic (exact) mass is 248 g/mol. The molecule has 0 radical (unpaired) electrons. The number of aromatic nitrogens is 1. The molecule has 2 rings (SSSR count). The van der Waals surface area contributed by atoms with Gasteiger partial charge in [-0.1, -0.05) is 6.07 Å². The zero-order chi connectivity index (χ0) is 13.1. The molecule has 0 aliphatic carbocycles. The highest BCUT2D eigenvalue weighted by atomic mass is 16.3. The van der Waals surface area contributed by atoms with Crippen molar-refractivity contribution in [3.63, 3.8) is 0 Å². The van der Waals surface area contributed by atoms with E-state index < -0.39 is 0 Å². The average molecular weight is 248 g/mol. The first-order valence-electron chi connectivity index (χ1n) is 6.50. The van der Waals surface area contributed by atoms with Crippen molar-refractivity contribution in [1.82, 2.24) is 9.88 Å². The van der Waals surface area contributed by atoms with Crippen LogP contribution in [-0.2, 0) is 0 Å². The van der Waals surface area contributed by atoms with Gasteiger partial charge >= 0.3 is 0 Å².